The van der Waals surface area contributed by atoms with Gasteiger partial charge in [-0.05, 0) is 18.1 Å². The van der Waals surface area contributed by atoms with E-state index in [-0.39, 0.29) is 5.56 Å². The Morgan fingerprint density at radius 2 is 2.00 bits per heavy atom. The third kappa shape index (κ3) is 1.96. The van der Waals surface area contributed by atoms with E-state index in [2.05, 4.69) is 5.92 Å². The highest BCUT2D eigenvalue weighted by Gasteiger charge is 2.09. The summed E-state index contributed by atoms with van der Waals surface area (Å²) in [6.45, 7) is 0. The number of rotatable bonds is 0. The molecule has 1 rings (SSSR count). The summed E-state index contributed by atoms with van der Waals surface area (Å²) in [6, 6.07) is 3.63. The second kappa shape index (κ2) is 3.89. The molecule has 0 spiro atoms. The van der Waals surface area contributed by atoms with Crippen LogP contribution < -0.4 is 0 Å². The zero-order valence-corrected chi connectivity index (χ0v) is 6.99. The third-order valence-electron chi connectivity index (χ3n) is 1.29. The van der Waals surface area contributed by atoms with Gasteiger partial charge in [-0.3, -0.25) is 0 Å². The molecule has 0 N–H and O–H groups in total. The average Bonchev–Trinajstić information content (AvgIpc) is 2.13. The molecule has 0 bridgehead atoms. The molecular formula is C9H2ClF2N. The smallest absolute Gasteiger partial charge is 0.160 e. The van der Waals surface area contributed by atoms with Crippen molar-refractivity contribution in [1.82, 2.24) is 0 Å². The summed E-state index contributed by atoms with van der Waals surface area (Å²) < 4.78 is 25.6. The van der Waals surface area contributed by atoms with Crippen molar-refractivity contribution in [2.45, 2.75) is 0 Å². The number of nitriles is 1. The highest BCUT2D eigenvalue weighted by Crippen LogP contribution is 2.20. The molecule has 0 radical (unpaired) electrons. The van der Waals surface area contributed by atoms with Crippen LogP contribution in [0.25, 0.3) is 0 Å². The highest BCUT2D eigenvalue weighted by molar-refractivity contribution is 6.31. The van der Waals surface area contributed by atoms with E-state index in [0.717, 1.165) is 12.1 Å². The largest absolute Gasteiger partial charge is 0.205 e. The number of hydrogen-bond donors (Lipinski definition) is 0. The van der Waals surface area contributed by atoms with Gasteiger partial charge in [0.25, 0.3) is 0 Å². The Hall–Kier alpha value is -1.58. The molecule has 0 fully saturated rings. The standard InChI is InChI=1S/C9H2ClF2N/c10-8-7(11)4-3-6(9(8)12)2-1-5-13/h3-4H. The van der Waals surface area contributed by atoms with Gasteiger partial charge in [-0.15, -0.1) is 0 Å². The molecule has 0 heterocycles. The van der Waals surface area contributed by atoms with Crippen molar-refractivity contribution in [2.24, 2.45) is 0 Å². The van der Waals surface area contributed by atoms with Crippen LogP contribution in [0.5, 0.6) is 0 Å². The predicted molar refractivity (Wildman–Crippen MR) is 43.9 cm³/mol. The van der Waals surface area contributed by atoms with Gasteiger partial charge in [0.1, 0.15) is 10.8 Å². The maximum Gasteiger partial charge on any atom is 0.160 e. The molecule has 0 saturated carbocycles. The Labute approximate surface area is 78.6 Å². The van der Waals surface area contributed by atoms with Crippen molar-refractivity contribution < 1.29 is 8.78 Å². The van der Waals surface area contributed by atoms with Crippen LogP contribution in [-0.4, -0.2) is 0 Å². The van der Waals surface area contributed by atoms with Gasteiger partial charge in [0.15, 0.2) is 11.9 Å². The van der Waals surface area contributed by atoms with E-state index in [1.165, 1.54) is 6.07 Å². The van der Waals surface area contributed by atoms with E-state index < -0.39 is 16.7 Å². The van der Waals surface area contributed by atoms with E-state index >= 15 is 0 Å². The van der Waals surface area contributed by atoms with Crippen LogP contribution in [0.1, 0.15) is 5.56 Å². The average molecular weight is 198 g/mol. The Balaban J connectivity index is 3.28. The molecule has 0 aliphatic rings. The summed E-state index contributed by atoms with van der Waals surface area (Å²) in [7, 11) is 0. The van der Waals surface area contributed by atoms with Gasteiger partial charge in [-0.25, -0.2) is 8.78 Å². The molecular weight excluding hydrogens is 196 g/mol. The van der Waals surface area contributed by atoms with Gasteiger partial charge in [0, 0.05) is 5.92 Å². The minimum absolute atomic E-state index is 0.0899. The van der Waals surface area contributed by atoms with Crippen LogP contribution in [-0.2, 0) is 0 Å². The van der Waals surface area contributed by atoms with Crippen LogP contribution in [0.2, 0.25) is 5.02 Å². The zero-order chi connectivity index (χ0) is 9.84. The Morgan fingerprint density at radius 3 is 2.62 bits per heavy atom. The van der Waals surface area contributed by atoms with Crippen LogP contribution in [0.15, 0.2) is 12.1 Å². The summed E-state index contributed by atoms with van der Waals surface area (Å²) in [6.07, 6.45) is 0. The molecule has 0 unspecified atom stereocenters. The van der Waals surface area contributed by atoms with E-state index in [1.54, 1.807) is 0 Å². The number of hydrogen-bond acceptors (Lipinski definition) is 1. The lowest BCUT2D eigenvalue weighted by atomic mass is 10.2. The molecule has 64 valence electrons. The molecule has 4 heteroatoms. The van der Waals surface area contributed by atoms with Crippen molar-refractivity contribution in [2.75, 3.05) is 0 Å². The summed E-state index contributed by atoms with van der Waals surface area (Å²) in [4.78, 5) is 0. The molecule has 0 aliphatic carbocycles. The fraction of sp³-hybridized carbons (Fsp3) is 0. The van der Waals surface area contributed by atoms with Crippen molar-refractivity contribution in [1.29, 1.82) is 5.26 Å². The Bertz CT molecular complexity index is 437. The van der Waals surface area contributed by atoms with Crippen LogP contribution in [0.3, 0.4) is 0 Å². The van der Waals surface area contributed by atoms with Gasteiger partial charge in [-0.1, -0.05) is 11.6 Å². The minimum Gasteiger partial charge on any atom is -0.205 e. The lowest BCUT2D eigenvalue weighted by Crippen LogP contribution is -1.88. The predicted octanol–water partition coefficient (Wildman–Crippen LogP) is 2.49. The number of nitrogens with zero attached hydrogens (tertiary/aromatic N) is 1. The maximum atomic E-state index is 13.0. The van der Waals surface area contributed by atoms with Crippen LogP contribution >= 0.6 is 11.6 Å². The lowest BCUT2D eigenvalue weighted by Gasteiger charge is -1.97. The third-order valence-corrected chi connectivity index (χ3v) is 1.63. The summed E-state index contributed by atoms with van der Waals surface area (Å²) in [5, 5.41) is 7.48. The Morgan fingerprint density at radius 1 is 1.31 bits per heavy atom. The van der Waals surface area contributed by atoms with Crippen molar-refractivity contribution >= 4 is 11.6 Å². The first-order valence-corrected chi connectivity index (χ1v) is 3.58. The molecule has 0 aromatic heterocycles. The quantitative estimate of drug-likeness (QED) is 0.463. The summed E-state index contributed by atoms with van der Waals surface area (Å²) >= 11 is 5.26. The van der Waals surface area contributed by atoms with Gasteiger partial charge < -0.3 is 0 Å². The fourth-order valence-corrected chi connectivity index (χ4v) is 0.883. The first-order valence-electron chi connectivity index (χ1n) is 3.20. The lowest BCUT2D eigenvalue weighted by molar-refractivity contribution is 0.582. The summed E-state index contributed by atoms with van der Waals surface area (Å²) in [5.41, 5.74) is -0.0899. The minimum atomic E-state index is -0.940. The first-order chi connectivity index (χ1) is 6.16. The maximum absolute atomic E-state index is 13.0. The van der Waals surface area contributed by atoms with Gasteiger partial charge >= 0.3 is 0 Å². The van der Waals surface area contributed by atoms with Gasteiger partial charge in [0.05, 0.1) is 5.56 Å². The van der Waals surface area contributed by atoms with Crippen LogP contribution in [0, 0.1) is 34.8 Å². The van der Waals surface area contributed by atoms with Crippen LogP contribution in [0.4, 0.5) is 8.78 Å². The topological polar surface area (TPSA) is 23.8 Å². The molecule has 0 saturated heterocycles. The molecule has 0 atom stereocenters. The molecule has 13 heavy (non-hydrogen) atoms. The number of benzene rings is 1. The molecule has 0 aliphatic heterocycles. The summed E-state index contributed by atoms with van der Waals surface area (Å²) in [5.74, 6) is 2.39. The second-order valence-electron chi connectivity index (χ2n) is 2.08. The van der Waals surface area contributed by atoms with Crippen molar-refractivity contribution in [3.8, 4) is 17.9 Å². The van der Waals surface area contributed by atoms with E-state index in [9.17, 15) is 8.78 Å². The molecule has 1 aromatic carbocycles. The molecule has 1 nitrogen and oxygen atoms in total. The fourth-order valence-electron chi connectivity index (χ4n) is 0.718. The monoisotopic (exact) mass is 197 g/mol. The van der Waals surface area contributed by atoms with E-state index in [0.29, 0.717) is 0 Å². The molecule has 0 amide bonds. The van der Waals surface area contributed by atoms with Crippen molar-refractivity contribution in [3.05, 3.63) is 34.4 Å². The van der Waals surface area contributed by atoms with E-state index in [4.69, 9.17) is 16.9 Å². The zero-order valence-electron chi connectivity index (χ0n) is 6.24. The highest BCUT2D eigenvalue weighted by atomic mass is 35.5. The normalized spacial score (nSPS) is 8.46. The SMILES string of the molecule is N#CC#Cc1ccc(F)c(Cl)c1F. The number of halogens is 3. The van der Waals surface area contributed by atoms with Gasteiger partial charge in [-0.2, -0.15) is 5.26 Å². The first kappa shape index (κ1) is 9.51. The van der Waals surface area contributed by atoms with Gasteiger partial charge in [0.2, 0.25) is 0 Å². The molecule has 1 aromatic rings. The second-order valence-corrected chi connectivity index (χ2v) is 2.46. The van der Waals surface area contributed by atoms with E-state index in [1.807, 2.05) is 5.92 Å². The Kier molecular flexibility index (Phi) is 2.84. The van der Waals surface area contributed by atoms with Crippen molar-refractivity contribution in [3.63, 3.8) is 0 Å².